The third kappa shape index (κ3) is 2.52. The number of allylic oxidation sites excluding steroid dienone is 2. The standard InChI is InChI=1S/C17H20O2S/c1-17(18)11-16(12-7-9-13(19-2)10-8-12)20-15-6-4-3-5-14(15)17/h3,5-10,14,16,18H,4,11H2,1-2H3. The Bertz CT molecular complexity index is 543. The Morgan fingerprint density at radius 2 is 2.05 bits per heavy atom. The molecule has 1 N–H and O–H groups in total. The molecular weight excluding hydrogens is 268 g/mol. The Kier molecular flexibility index (Phi) is 3.65. The van der Waals surface area contributed by atoms with Crippen molar-refractivity contribution in [3.63, 3.8) is 0 Å². The van der Waals surface area contributed by atoms with E-state index in [1.807, 2.05) is 30.8 Å². The van der Waals surface area contributed by atoms with Crippen LogP contribution in [0.5, 0.6) is 5.75 Å². The molecule has 1 aliphatic carbocycles. The lowest BCUT2D eigenvalue weighted by atomic mass is 9.81. The van der Waals surface area contributed by atoms with Crippen molar-refractivity contribution in [3.8, 4) is 5.75 Å². The molecule has 1 aromatic carbocycles. The third-order valence-corrected chi connectivity index (χ3v) is 5.54. The maximum Gasteiger partial charge on any atom is 0.118 e. The van der Waals surface area contributed by atoms with E-state index in [0.717, 1.165) is 18.6 Å². The number of hydrogen-bond acceptors (Lipinski definition) is 3. The quantitative estimate of drug-likeness (QED) is 0.831. The van der Waals surface area contributed by atoms with Crippen LogP contribution in [-0.4, -0.2) is 17.8 Å². The Labute approximate surface area is 124 Å². The van der Waals surface area contributed by atoms with Crippen LogP contribution >= 0.6 is 11.8 Å². The number of thioether (sulfide) groups is 1. The molecule has 1 saturated heterocycles. The van der Waals surface area contributed by atoms with Crippen LogP contribution in [0.4, 0.5) is 0 Å². The van der Waals surface area contributed by atoms with Crippen molar-refractivity contribution in [2.75, 3.05) is 7.11 Å². The first kappa shape index (κ1) is 13.8. The lowest BCUT2D eigenvalue weighted by molar-refractivity contribution is 0.0205. The summed E-state index contributed by atoms with van der Waals surface area (Å²) in [5.74, 6) is 1.04. The van der Waals surface area contributed by atoms with Gasteiger partial charge in [0.05, 0.1) is 12.7 Å². The lowest BCUT2D eigenvalue weighted by Crippen LogP contribution is -2.39. The fourth-order valence-corrected chi connectivity index (χ4v) is 4.68. The van der Waals surface area contributed by atoms with Gasteiger partial charge in [0.1, 0.15) is 5.75 Å². The number of ether oxygens (including phenoxy) is 1. The first-order valence-electron chi connectivity index (χ1n) is 7.00. The molecule has 1 fully saturated rings. The van der Waals surface area contributed by atoms with E-state index in [2.05, 4.69) is 30.4 Å². The molecule has 2 nitrogen and oxygen atoms in total. The Balaban J connectivity index is 1.86. The number of fused-ring (bicyclic) bond motifs is 1. The van der Waals surface area contributed by atoms with Gasteiger partial charge in [-0.2, -0.15) is 0 Å². The molecule has 0 aromatic heterocycles. The number of methoxy groups -OCH3 is 1. The van der Waals surface area contributed by atoms with Crippen LogP contribution < -0.4 is 4.74 Å². The molecular formula is C17H20O2S. The van der Waals surface area contributed by atoms with Crippen LogP contribution in [0.1, 0.15) is 30.6 Å². The molecule has 1 aromatic rings. The predicted molar refractivity (Wildman–Crippen MR) is 83.9 cm³/mol. The van der Waals surface area contributed by atoms with Gasteiger partial charge >= 0.3 is 0 Å². The summed E-state index contributed by atoms with van der Waals surface area (Å²) in [5, 5.41) is 11.1. The minimum Gasteiger partial charge on any atom is -0.497 e. The maximum absolute atomic E-state index is 10.8. The van der Waals surface area contributed by atoms with E-state index >= 15 is 0 Å². The zero-order valence-electron chi connectivity index (χ0n) is 11.9. The molecule has 20 heavy (non-hydrogen) atoms. The molecule has 2 aliphatic rings. The third-order valence-electron chi connectivity index (χ3n) is 4.12. The summed E-state index contributed by atoms with van der Waals surface area (Å²) in [6.07, 6.45) is 8.31. The molecule has 0 bridgehead atoms. The van der Waals surface area contributed by atoms with Crippen LogP contribution in [0.3, 0.4) is 0 Å². The fraction of sp³-hybridized carbons (Fsp3) is 0.412. The van der Waals surface area contributed by atoms with Crippen molar-refractivity contribution in [2.24, 2.45) is 5.92 Å². The molecule has 3 heteroatoms. The molecule has 106 valence electrons. The molecule has 0 spiro atoms. The summed E-state index contributed by atoms with van der Waals surface area (Å²) in [5.41, 5.74) is 0.587. The summed E-state index contributed by atoms with van der Waals surface area (Å²) >= 11 is 1.89. The van der Waals surface area contributed by atoms with Crippen LogP contribution in [-0.2, 0) is 0 Å². The molecule has 0 amide bonds. The average Bonchev–Trinajstić information content (AvgIpc) is 2.47. The van der Waals surface area contributed by atoms with E-state index in [1.54, 1.807) is 7.11 Å². The number of aliphatic hydroxyl groups is 1. The van der Waals surface area contributed by atoms with Gasteiger partial charge in [-0.15, -0.1) is 11.8 Å². The molecule has 1 heterocycles. The summed E-state index contributed by atoms with van der Waals surface area (Å²) in [4.78, 5) is 1.31. The van der Waals surface area contributed by atoms with Gasteiger partial charge in [-0.1, -0.05) is 30.4 Å². The summed E-state index contributed by atoms with van der Waals surface area (Å²) in [6.45, 7) is 1.96. The molecule has 3 rings (SSSR count). The van der Waals surface area contributed by atoms with Crippen molar-refractivity contribution in [3.05, 3.63) is 53.0 Å². The van der Waals surface area contributed by atoms with Gasteiger partial charge in [0.2, 0.25) is 0 Å². The topological polar surface area (TPSA) is 29.5 Å². The van der Waals surface area contributed by atoms with E-state index in [1.165, 1.54) is 10.5 Å². The highest BCUT2D eigenvalue weighted by Gasteiger charge is 2.41. The zero-order valence-corrected chi connectivity index (χ0v) is 12.7. The number of rotatable bonds is 2. The lowest BCUT2D eigenvalue weighted by Gasteiger charge is -2.42. The summed E-state index contributed by atoms with van der Waals surface area (Å²) in [7, 11) is 1.68. The Morgan fingerprint density at radius 3 is 2.75 bits per heavy atom. The normalized spacial score (nSPS) is 32.5. The van der Waals surface area contributed by atoms with Gasteiger partial charge in [-0.05, 0) is 42.4 Å². The van der Waals surface area contributed by atoms with Gasteiger partial charge in [0.25, 0.3) is 0 Å². The minimum atomic E-state index is -0.668. The zero-order chi connectivity index (χ0) is 14.2. The summed E-state index contributed by atoms with van der Waals surface area (Å²) in [6, 6.07) is 8.19. The molecule has 1 aliphatic heterocycles. The highest BCUT2D eigenvalue weighted by molar-refractivity contribution is 8.03. The van der Waals surface area contributed by atoms with Crippen LogP contribution in [0.25, 0.3) is 0 Å². The van der Waals surface area contributed by atoms with Crippen LogP contribution in [0, 0.1) is 5.92 Å². The van der Waals surface area contributed by atoms with E-state index in [9.17, 15) is 5.11 Å². The second-order valence-electron chi connectivity index (χ2n) is 5.69. The van der Waals surface area contributed by atoms with Crippen molar-refractivity contribution in [2.45, 2.75) is 30.6 Å². The highest BCUT2D eigenvalue weighted by Crippen LogP contribution is 2.53. The van der Waals surface area contributed by atoms with Gasteiger partial charge in [0.15, 0.2) is 0 Å². The number of benzene rings is 1. The predicted octanol–water partition coefficient (Wildman–Crippen LogP) is 4.08. The minimum absolute atomic E-state index is 0.163. The SMILES string of the molecule is COc1ccc(C2CC(C)(O)C3C=CCC=C3S2)cc1. The number of hydrogen-bond donors (Lipinski definition) is 1. The van der Waals surface area contributed by atoms with Gasteiger partial charge in [-0.25, -0.2) is 0 Å². The summed E-state index contributed by atoms with van der Waals surface area (Å²) < 4.78 is 5.21. The Morgan fingerprint density at radius 1 is 1.30 bits per heavy atom. The maximum atomic E-state index is 10.8. The Hall–Kier alpha value is -1.19. The first-order chi connectivity index (χ1) is 9.60. The molecule has 3 unspecified atom stereocenters. The van der Waals surface area contributed by atoms with E-state index < -0.39 is 5.60 Å². The van der Waals surface area contributed by atoms with Crippen LogP contribution in [0.15, 0.2) is 47.4 Å². The first-order valence-corrected chi connectivity index (χ1v) is 7.88. The smallest absolute Gasteiger partial charge is 0.118 e. The monoisotopic (exact) mass is 288 g/mol. The van der Waals surface area contributed by atoms with E-state index in [0.29, 0.717) is 5.25 Å². The highest BCUT2D eigenvalue weighted by atomic mass is 32.2. The van der Waals surface area contributed by atoms with Crippen molar-refractivity contribution in [1.82, 2.24) is 0 Å². The van der Waals surface area contributed by atoms with Crippen LogP contribution in [0.2, 0.25) is 0 Å². The molecule has 0 radical (unpaired) electrons. The van der Waals surface area contributed by atoms with Crippen molar-refractivity contribution >= 4 is 11.8 Å². The van der Waals surface area contributed by atoms with Gasteiger partial charge in [0, 0.05) is 11.2 Å². The van der Waals surface area contributed by atoms with Gasteiger partial charge < -0.3 is 9.84 Å². The fourth-order valence-electron chi connectivity index (χ4n) is 2.97. The average molecular weight is 288 g/mol. The van der Waals surface area contributed by atoms with Crippen molar-refractivity contribution in [1.29, 1.82) is 0 Å². The largest absolute Gasteiger partial charge is 0.497 e. The van der Waals surface area contributed by atoms with Gasteiger partial charge in [-0.3, -0.25) is 0 Å². The van der Waals surface area contributed by atoms with E-state index in [4.69, 9.17) is 4.74 Å². The second kappa shape index (κ2) is 5.30. The molecule has 3 atom stereocenters. The van der Waals surface area contributed by atoms with E-state index in [-0.39, 0.29) is 5.92 Å². The second-order valence-corrected chi connectivity index (χ2v) is 6.97. The molecule has 0 saturated carbocycles. The van der Waals surface area contributed by atoms with Crippen molar-refractivity contribution < 1.29 is 9.84 Å².